The fourth-order valence-electron chi connectivity index (χ4n) is 1.87. The van der Waals surface area contributed by atoms with E-state index < -0.39 is 0 Å². The fourth-order valence-corrected chi connectivity index (χ4v) is 2.47. The number of amides is 1. The van der Waals surface area contributed by atoms with E-state index in [-0.39, 0.29) is 11.8 Å². The Balaban J connectivity index is 2.17. The number of rotatable bonds is 4. The topological polar surface area (TPSA) is 65.8 Å². The summed E-state index contributed by atoms with van der Waals surface area (Å²) in [6.07, 6.45) is 2.17. The monoisotopic (exact) mass is 271 g/mol. The average Bonchev–Trinajstić information content (AvgIpc) is 2.88. The Morgan fingerprint density at radius 1 is 1.47 bits per heavy atom. The minimum absolute atomic E-state index is 0.102. The van der Waals surface area contributed by atoms with Gasteiger partial charge in [-0.2, -0.15) is 9.64 Å². The maximum absolute atomic E-state index is 12.3. The number of carbonyl (C=O) groups is 1. The van der Waals surface area contributed by atoms with Crippen LogP contribution in [0, 0.1) is 11.3 Å². The van der Waals surface area contributed by atoms with Crippen LogP contribution in [0.15, 0.2) is 36.5 Å². The van der Waals surface area contributed by atoms with Gasteiger partial charge in [-0.15, -0.1) is 0 Å². The van der Waals surface area contributed by atoms with Crippen molar-refractivity contribution in [3.63, 3.8) is 0 Å². The minimum atomic E-state index is -0.213. The zero-order chi connectivity index (χ0) is 13.7. The summed E-state index contributed by atoms with van der Waals surface area (Å²) in [5.41, 5.74) is 1.38. The fraction of sp³-hybridized carbons (Fsp3) is 0.214. The predicted octanol–water partition coefficient (Wildman–Crippen LogP) is 3.15. The number of hydrogen-bond donors (Lipinski definition) is 1. The van der Waals surface area contributed by atoms with Crippen LogP contribution in [0.25, 0.3) is 0 Å². The van der Waals surface area contributed by atoms with Gasteiger partial charge < -0.3 is 5.32 Å². The van der Waals surface area contributed by atoms with Crippen molar-refractivity contribution in [3.8, 4) is 6.07 Å². The third-order valence-corrected chi connectivity index (χ3v) is 3.57. The lowest BCUT2D eigenvalue weighted by molar-refractivity contribution is -0.117. The Labute approximate surface area is 115 Å². The van der Waals surface area contributed by atoms with Crippen molar-refractivity contribution >= 4 is 22.4 Å². The molecule has 4 nitrogen and oxygen atoms in total. The first kappa shape index (κ1) is 13.2. The number of nitrogens with one attached hydrogen (secondary N) is 1. The summed E-state index contributed by atoms with van der Waals surface area (Å²) >= 11 is 1.12. The number of benzene rings is 1. The number of hydrogen-bond acceptors (Lipinski definition) is 4. The molecule has 0 bridgehead atoms. The molecule has 2 rings (SSSR count). The molecule has 0 spiro atoms. The maximum atomic E-state index is 12.3. The van der Waals surface area contributed by atoms with Gasteiger partial charge in [-0.25, -0.2) is 0 Å². The molecule has 1 aromatic carbocycles. The molecule has 0 saturated heterocycles. The highest BCUT2D eigenvalue weighted by Crippen LogP contribution is 2.24. The summed E-state index contributed by atoms with van der Waals surface area (Å²) in [5, 5.41) is 12.2. The van der Waals surface area contributed by atoms with E-state index in [4.69, 9.17) is 5.26 Å². The number of carbonyl (C=O) groups excluding carboxylic acids is 1. The van der Waals surface area contributed by atoms with E-state index in [0.717, 1.165) is 17.1 Å². The molecule has 96 valence electrons. The van der Waals surface area contributed by atoms with E-state index >= 15 is 0 Å². The van der Waals surface area contributed by atoms with Crippen molar-refractivity contribution in [3.05, 3.63) is 47.7 Å². The van der Waals surface area contributed by atoms with Crippen molar-refractivity contribution in [1.29, 1.82) is 5.26 Å². The van der Waals surface area contributed by atoms with Gasteiger partial charge >= 0.3 is 0 Å². The summed E-state index contributed by atoms with van der Waals surface area (Å²) in [6, 6.07) is 11.6. The summed E-state index contributed by atoms with van der Waals surface area (Å²) in [4.78, 5) is 12.3. The Morgan fingerprint density at radius 3 is 2.84 bits per heavy atom. The zero-order valence-electron chi connectivity index (χ0n) is 10.5. The van der Waals surface area contributed by atoms with Gasteiger partial charge in [-0.1, -0.05) is 37.3 Å². The molecular weight excluding hydrogens is 258 g/mol. The van der Waals surface area contributed by atoms with Crippen LogP contribution in [-0.4, -0.2) is 10.3 Å². The quantitative estimate of drug-likeness (QED) is 0.929. The standard InChI is InChI=1S/C14H13N3OS/c1-2-12(10-6-4-3-5-7-10)13(18)17-14-11(8-15)9-16-19-14/h3-7,9,12H,2H2,1H3,(H,17,18). The molecule has 1 atom stereocenters. The van der Waals surface area contributed by atoms with Gasteiger partial charge in [0.25, 0.3) is 0 Å². The van der Waals surface area contributed by atoms with E-state index in [1.807, 2.05) is 43.3 Å². The molecule has 0 aliphatic heterocycles. The minimum Gasteiger partial charge on any atom is -0.315 e. The maximum Gasteiger partial charge on any atom is 0.232 e. The second-order valence-electron chi connectivity index (χ2n) is 4.04. The lowest BCUT2D eigenvalue weighted by atomic mass is 9.96. The molecule has 2 aromatic rings. The van der Waals surface area contributed by atoms with Crippen molar-refractivity contribution in [2.75, 3.05) is 5.32 Å². The average molecular weight is 271 g/mol. The Morgan fingerprint density at radius 2 is 2.21 bits per heavy atom. The molecule has 0 fully saturated rings. The molecular formula is C14H13N3OS. The van der Waals surface area contributed by atoms with Gasteiger partial charge in [0.15, 0.2) is 0 Å². The van der Waals surface area contributed by atoms with Crippen LogP contribution in [0.3, 0.4) is 0 Å². The number of nitrogens with zero attached hydrogens (tertiary/aromatic N) is 2. The molecule has 1 amide bonds. The van der Waals surface area contributed by atoms with Gasteiger partial charge in [0.05, 0.1) is 12.1 Å². The van der Waals surface area contributed by atoms with E-state index in [2.05, 4.69) is 9.69 Å². The van der Waals surface area contributed by atoms with Crippen LogP contribution in [0.4, 0.5) is 5.00 Å². The van der Waals surface area contributed by atoms with Crippen LogP contribution in [0.1, 0.15) is 30.4 Å². The Hall–Kier alpha value is -2.19. The molecule has 0 aliphatic carbocycles. The number of anilines is 1. The largest absolute Gasteiger partial charge is 0.315 e. The lowest BCUT2D eigenvalue weighted by Gasteiger charge is -2.14. The smallest absolute Gasteiger partial charge is 0.232 e. The molecule has 1 aromatic heterocycles. The first-order chi connectivity index (χ1) is 9.26. The normalized spacial score (nSPS) is 11.6. The van der Waals surface area contributed by atoms with Crippen LogP contribution in [0.5, 0.6) is 0 Å². The van der Waals surface area contributed by atoms with E-state index in [0.29, 0.717) is 17.0 Å². The summed E-state index contributed by atoms with van der Waals surface area (Å²) < 4.78 is 3.91. The summed E-state index contributed by atoms with van der Waals surface area (Å²) in [6.45, 7) is 1.97. The SMILES string of the molecule is CCC(C(=O)Nc1sncc1C#N)c1ccccc1. The highest BCUT2D eigenvalue weighted by Gasteiger charge is 2.20. The number of aromatic nitrogens is 1. The van der Waals surface area contributed by atoms with Crippen molar-refractivity contribution in [2.24, 2.45) is 0 Å². The van der Waals surface area contributed by atoms with Gasteiger partial charge in [0.2, 0.25) is 5.91 Å². The van der Waals surface area contributed by atoms with E-state index in [1.54, 1.807) is 0 Å². The van der Waals surface area contributed by atoms with E-state index in [9.17, 15) is 4.79 Å². The number of nitriles is 1. The van der Waals surface area contributed by atoms with Crippen molar-refractivity contribution in [2.45, 2.75) is 19.3 Å². The molecule has 5 heteroatoms. The van der Waals surface area contributed by atoms with Crippen molar-refractivity contribution < 1.29 is 4.79 Å². The zero-order valence-corrected chi connectivity index (χ0v) is 11.3. The van der Waals surface area contributed by atoms with Gasteiger partial charge in [-0.3, -0.25) is 4.79 Å². The molecule has 0 saturated carbocycles. The predicted molar refractivity (Wildman–Crippen MR) is 74.9 cm³/mol. The molecule has 1 N–H and O–H groups in total. The lowest BCUT2D eigenvalue weighted by Crippen LogP contribution is -2.20. The second kappa shape index (κ2) is 6.12. The molecule has 1 heterocycles. The van der Waals surface area contributed by atoms with Crippen LogP contribution >= 0.6 is 11.5 Å². The van der Waals surface area contributed by atoms with Crippen LogP contribution in [-0.2, 0) is 4.79 Å². The molecule has 19 heavy (non-hydrogen) atoms. The molecule has 0 radical (unpaired) electrons. The second-order valence-corrected chi connectivity index (χ2v) is 4.84. The van der Waals surface area contributed by atoms with Gasteiger partial charge in [0.1, 0.15) is 16.6 Å². The third kappa shape index (κ3) is 2.98. The Bertz CT molecular complexity index is 601. The Kier molecular flexibility index (Phi) is 4.26. The molecule has 1 unspecified atom stereocenters. The van der Waals surface area contributed by atoms with E-state index in [1.165, 1.54) is 6.20 Å². The summed E-state index contributed by atoms with van der Waals surface area (Å²) in [5.74, 6) is -0.315. The molecule has 0 aliphatic rings. The van der Waals surface area contributed by atoms with Gasteiger partial charge in [0, 0.05) is 0 Å². The highest BCUT2D eigenvalue weighted by molar-refractivity contribution is 7.10. The highest BCUT2D eigenvalue weighted by atomic mass is 32.1. The summed E-state index contributed by atoms with van der Waals surface area (Å²) in [7, 11) is 0. The van der Waals surface area contributed by atoms with Crippen LogP contribution in [0.2, 0.25) is 0 Å². The first-order valence-corrected chi connectivity index (χ1v) is 6.74. The van der Waals surface area contributed by atoms with Crippen LogP contribution < -0.4 is 5.32 Å². The van der Waals surface area contributed by atoms with Gasteiger partial charge in [-0.05, 0) is 23.5 Å². The first-order valence-electron chi connectivity index (χ1n) is 5.96. The van der Waals surface area contributed by atoms with Crippen molar-refractivity contribution in [1.82, 2.24) is 4.37 Å². The third-order valence-electron chi connectivity index (χ3n) is 2.85.